The molecule has 1 atom stereocenters. The zero-order valence-electron chi connectivity index (χ0n) is 10.7. The van der Waals surface area contributed by atoms with Crippen molar-refractivity contribution in [1.29, 1.82) is 0 Å². The predicted molar refractivity (Wildman–Crippen MR) is 71.7 cm³/mol. The van der Waals surface area contributed by atoms with E-state index < -0.39 is 16.8 Å². The minimum atomic E-state index is -1.28. The SMILES string of the molecule is Cc1ccc(S(=O)Cc2ccoc2C(=O)O)cc1C. The second-order valence-electron chi connectivity index (χ2n) is 4.32. The van der Waals surface area contributed by atoms with Gasteiger partial charge < -0.3 is 9.52 Å². The van der Waals surface area contributed by atoms with Gasteiger partial charge >= 0.3 is 5.97 Å². The smallest absolute Gasteiger partial charge is 0.372 e. The molecule has 1 aromatic carbocycles. The Kier molecular flexibility index (Phi) is 3.85. The van der Waals surface area contributed by atoms with E-state index in [1.165, 1.54) is 6.26 Å². The molecule has 19 heavy (non-hydrogen) atoms. The van der Waals surface area contributed by atoms with Crippen molar-refractivity contribution in [3.05, 3.63) is 53.0 Å². The molecule has 0 bridgehead atoms. The summed E-state index contributed by atoms with van der Waals surface area (Å²) in [6.07, 6.45) is 1.30. The highest BCUT2D eigenvalue weighted by molar-refractivity contribution is 7.84. The molecule has 0 fully saturated rings. The second kappa shape index (κ2) is 5.40. The van der Waals surface area contributed by atoms with Crippen molar-refractivity contribution in [3.63, 3.8) is 0 Å². The summed E-state index contributed by atoms with van der Waals surface area (Å²) >= 11 is 0. The molecule has 4 nitrogen and oxygen atoms in total. The molecule has 0 radical (unpaired) electrons. The Morgan fingerprint density at radius 2 is 2.00 bits per heavy atom. The van der Waals surface area contributed by atoms with E-state index >= 15 is 0 Å². The van der Waals surface area contributed by atoms with Gasteiger partial charge in [-0.3, -0.25) is 4.21 Å². The van der Waals surface area contributed by atoms with Crippen molar-refractivity contribution in [2.75, 3.05) is 0 Å². The van der Waals surface area contributed by atoms with Crippen LogP contribution in [0.2, 0.25) is 0 Å². The van der Waals surface area contributed by atoms with Gasteiger partial charge in [0, 0.05) is 10.5 Å². The fraction of sp³-hybridized carbons (Fsp3) is 0.214. The van der Waals surface area contributed by atoms with Gasteiger partial charge in [-0.2, -0.15) is 0 Å². The largest absolute Gasteiger partial charge is 0.475 e. The Hall–Kier alpha value is -1.88. The second-order valence-corrected chi connectivity index (χ2v) is 5.77. The molecular formula is C14H14O4S. The van der Waals surface area contributed by atoms with Crippen molar-refractivity contribution in [3.8, 4) is 0 Å². The summed E-state index contributed by atoms with van der Waals surface area (Å²) in [7, 11) is -1.28. The van der Waals surface area contributed by atoms with Crippen LogP contribution in [0.1, 0.15) is 27.2 Å². The summed E-state index contributed by atoms with van der Waals surface area (Å²) in [6, 6.07) is 7.13. The molecule has 100 valence electrons. The van der Waals surface area contributed by atoms with Crippen LogP contribution in [0.4, 0.5) is 0 Å². The molecule has 0 saturated heterocycles. The lowest BCUT2D eigenvalue weighted by atomic mass is 10.1. The van der Waals surface area contributed by atoms with Gasteiger partial charge in [-0.25, -0.2) is 4.79 Å². The van der Waals surface area contributed by atoms with Gasteiger partial charge in [-0.1, -0.05) is 6.07 Å². The van der Waals surface area contributed by atoms with Crippen LogP contribution in [-0.2, 0) is 16.6 Å². The van der Waals surface area contributed by atoms with E-state index in [1.807, 2.05) is 26.0 Å². The molecule has 0 saturated carbocycles. The predicted octanol–water partition coefficient (Wildman–Crippen LogP) is 2.90. The summed E-state index contributed by atoms with van der Waals surface area (Å²) in [5.41, 5.74) is 2.65. The summed E-state index contributed by atoms with van der Waals surface area (Å²) in [6.45, 7) is 3.94. The molecule has 1 aromatic heterocycles. The standard InChI is InChI=1S/C14H14O4S/c1-9-3-4-12(7-10(9)2)19(17)8-11-5-6-18-13(11)14(15)16/h3-7H,8H2,1-2H3,(H,15,16). The van der Waals surface area contributed by atoms with Crippen LogP contribution >= 0.6 is 0 Å². The highest BCUT2D eigenvalue weighted by Crippen LogP contribution is 2.19. The molecule has 0 aliphatic heterocycles. The first-order chi connectivity index (χ1) is 8.99. The molecular weight excluding hydrogens is 264 g/mol. The minimum absolute atomic E-state index is 0.140. The van der Waals surface area contributed by atoms with E-state index in [4.69, 9.17) is 9.52 Å². The van der Waals surface area contributed by atoms with Crippen LogP contribution in [-0.4, -0.2) is 15.3 Å². The lowest BCUT2D eigenvalue weighted by molar-refractivity contribution is 0.0661. The number of hydrogen-bond acceptors (Lipinski definition) is 3. The number of aryl methyl sites for hydroxylation is 2. The Morgan fingerprint density at radius 3 is 2.63 bits per heavy atom. The van der Waals surface area contributed by atoms with E-state index in [-0.39, 0.29) is 11.5 Å². The molecule has 1 N–H and O–H groups in total. The van der Waals surface area contributed by atoms with E-state index in [0.29, 0.717) is 10.5 Å². The van der Waals surface area contributed by atoms with Crippen molar-refractivity contribution in [2.24, 2.45) is 0 Å². The normalized spacial score (nSPS) is 12.3. The van der Waals surface area contributed by atoms with Crippen molar-refractivity contribution in [2.45, 2.75) is 24.5 Å². The lowest BCUT2D eigenvalue weighted by Crippen LogP contribution is -2.03. The Labute approximate surface area is 113 Å². The Bertz CT molecular complexity index is 643. The van der Waals surface area contributed by atoms with E-state index in [9.17, 15) is 9.00 Å². The topological polar surface area (TPSA) is 67.5 Å². The minimum Gasteiger partial charge on any atom is -0.475 e. The van der Waals surface area contributed by atoms with Crippen molar-refractivity contribution >= 4 is 16.8 Å². The summed E-state index contributed by atoms with van der Waals surface area (Å²) < 4.78 is 17.1. The molecule has 0 aliphatic rings. The Morgan fingerprint density at radius 1 is 1.26 bits per heavy atom. The zero-order chi connectivity index (χ0) is 14.0. The van der Waals surface area contributed by atoms with Gasteiger partial charge in [0.2, 0.25) is 5.76 Å². The average molecular weight is 278 g/mol. The fourth-order valence-electron chi connectivity index (χ4n) is 1.72. The van der Waals surface area contributed by atoms with Crippen LogP contribution in [0.3, 0.4) is 0 Å². The van der Waals surface area contributed by atoms with E-state index in [1.54, 1.807) is 12.1 Å². The van der Waals surface area contributed by atoms with Gasteiger partial charge in [0.25, 0.3) is 0 Å². The maximum atomic E-state index is 12.2. The van der Waals surface area contributed by atoms with Gasteiger partial charge in [0.1, 0.15) is 0 Å². The third-order valence-electron chi connectivity index (χ3n) is 2.97. The number of benzene rings is 1. The summed E-state index contributed by atoms with van der Waals surface area (Å²) in [5.74, 6) is -1.14. The number of rotatable bonds is 4. The van der Waals surface area contributed by atoms with Gasteiger partial charge in [0.05, 0.1) is 22.8 Å². The quantitative estimate of drug-likeness (QED) is 0.933. The molecule has 0 spiro atoms. The molecule has 0 aliphatic carbocycles. The molecule has 0 amide bonds. The third-order valence-corrected chi connectivity index (χ3v) is 4.32. The average Bonchev–Trinajstić information content (AvgIpc) is 2.80. The molecule has 1 heterocycles. The van der Waals surface area contributed by atoms with Crippen LogP contribution in [0.15, 0.2) is 39.8 Å². The number of carboxylic acids is 1. The van der Waals surface area contributed by atoms with Gasteiger partial charge in [0.15, 0.2) is 0 Å². The highest BCUT2D eigenvalue weighted by atomic mass is 32.2. The van der Waals surface area contributed by atoms with Gasteiger partial charge in [-0.15, -0.1) is 0 Å². The highest BCUT2D eigenvalue weighted by Gasteiger charge is 2.16. The number of aromatic carboxylic acids is 1. The first-order valence-electron chi connectivity index (χ1n) is 5.74. The summed E-state index contributed by atoms with van der Waals surface area (Å²) in [5, 5.41) is 8.93. The maximum absolute atomic E-state index is 12.2. The van der Waals surface area contributed by atoms with Crippen molar-refractivity contribution < 1.29 is 18.5 Å². The Balaban J connectivity index is 2.23. The molecule has 1 unspecified atom stereocenters. The first-order valence-corrected chi connectivity index (χ1v) is 7.06. The molecule has 5 heteroatoms. The lowest BCUT2D eigenvalue weighted by Gasteiger charge is -2.05. The van der Waals surface area contributed by atoms with Crippen LogP contribution in [0.25, 0.3) is 0 Å². The molecule has 2 rings (SSSR count). The number of carboxylic acid groups (broad SMARTS) is 1. The third kappa shape index (κ3) is 2.93. The molecule has 2 aromatic rings. The maximum Gasteiger partial charge on any atom is 0.372 e. The van der Waals surface area contributed by atoms with Crippen LogP contribution in [0.5, 0.6) is 0 Å². The van der Waals surface area contributed by atoms with E-state index in [2.05, 4.69) is 0 Å². The summed E-state index contributed by atoms with van der Waals surface area (Å²) in [4.78, 5) is 11.6. The van der Waals surface area contributed by atoms with Crippen LogP contribution < -0.4 is 0 Å². The number of hydrogen-bond donors (Lipinski definition) is 1. The van der Waals surface area contributed by atoms with Crippen LogP contribution in [0, 0.1) is 13.8 Å². The fourth-order valence-corrected chi connectivity index (χ4v) is 2.92. The zero-order valence-corrected chi connectivity index (χ0v) is 11.5. The monoisotopic (exact) mass is 278 g/mol. The van der Waals surface area contributed by atoms with Crippen molar-refractivity contribution in [1.82, 2.24) is 0 Å². The number of furan rings is 1. The van der Waals surface area contributed by atoms with Gasteiger partial charge in [-0.05, 0) is 43.2 Å². The number of carbonyl (C=O) groups is 1. The first kappa shape index (κ1) is 13.5. The van der Waals surface area contributed by atoms with E-state index in [0.717, 1.165) is 11.1 Å².